The second-order valence-electron chi connectivity index (χ2n) is 4.13. The van der Waals surface area contributed by atoms with Crippen LogP contribution < -0.4 is 0 Å². The molecule has 0 bridgehead atoms. The number of hydrogen-bond acceptors (Lipinski definition) is 2. The molecule has 0 aromatic rings. The van der Waals surface area contributed by atoms with Crippen molar-refractivity contribution in [1.29, 1.82) is 0 Å². The van der Waals surface area contributed by atoms with Crippen LogP contribution in [0.25, 0.3) is 0 Å². The zero-order chi connectivity index (χ0) is 8.97. The summed E-state index contributed by atoms with van der Waals surface area (Å²) in [6.45, 7) is 0. The third-order valence-electron chi connectivity index (χ3n) is 2.88. The van der Waals surface area contributed by atoms with Gasteiger partial charge in [0.1, 0.15) is 0 Å². The van der Waals surface area contributed by atoms with Crippen LogP contribution in [0.15, 0.2) is 0 Å². The smallest absolute Gasteiger partial charge is 0.0540 e. The van der Waals surface area contributed by atoms with Gasteiger partial charge in [0.2, 0.25) is 0 Å². The van der Waals surface area contributed by atoms with Gasteiger partial charge in [0.15, 0.2) is 0 Å². The van der Waals surface area contributed by atoms with Gasteiger partial charge in [-0.3, -0.25) is 0 Å². The number of aliphatic hydroxyl groups is 1. The zero-order valence-corrected chi connectivity index (χ0v) is 8.29. The molecule has 0 saturated heterocycles. The summed E-state index contributed by atoms with van der Waals surface area (Å²) in [5.41, 5.74) is 0. The summed E-state index contributed by atoms with van der Waals surface area (Å²) in [6, 6.07) is 0.748. The molecule has 2 nitrogen and oxygen atoms in total. The molecule has 1 saturated carbocycles. The Labute approximate surface area is 75.6 Å². The number of hydrogen-bond donors (Lipinski definition) is 1. The van der Waals surface area contributed by atoms with Crippen molar-refractivity contribution in [2.75, 3.05) is 14.1 Å². The average Bonchev–Trinajstić information content (AvgIpc) is 1.95. The predicted octanol–water partition coefficient (Wildman–Crippen LogP) is 1.63. The van der Waals surface area contributed by atoms with Crippen molar-refractivity contribution >= 4 is 0 Å². The molecule has 1 aliphatic rings. The summed E-state index contributed by atoms with van der Waals surface area (Å²) >= 11 is 0. The Morgan fingerprint density at radius 1 is 1.00 bits per heavy atom. The van der Waals surface area contributed by atoms with E-state index < -0.39 is 0 Å². The molecule has 72 valence electrons. The summed E-state index contributed by atoms with van der Waals surface area (Å²) in [5, 5.41) is 9.43. The topological polar surface area (TPSA) is 23.5 Å². The van der Waals surface area contributed by atoms with Crippen LogP contribution in [0, 0.1) is 0 Å². The molecule has 0 atom stereocenters. The molecule has 2 heteroatoms. The van der Waals surface area contributed by atoms with Crippen LogP contribution >= 0.6 is 0 Å². The first kappa shape index (κ1) is 10.0. The average molecular weight is 171 g/mol. The van der Waals surface area contributed by atoms with Gasteiger partial charge in [-0.25, -0.2) is 0 Å². The van der Waals surface area contributed by atoms with Gasteiger partial charge in [-0.2, -0.15) is 0 Å². The molecule has 1 rings (SSSR count). The van der Waals surface area contributed by atoms with Crippen LogP contribution in [-0.2, 0) is 0 Å². The van der Waals surface area contributed by atoms with Gasteiger partial charge in [-0.15, -0.1) is 0 Å². The van der Waals surface area contributed by atoms with Crippen LogP contribution in [0.1, 0.15) is 38.5 Å². The first-order valence-electron chi connectivity index (χ1n) is 5.04. The fraction of sp³-hybridized carbons (Fsp3) is 1.00. The van der Waals surface area contributed by atoms with Crippen molar-refractivity contribution in [3.8, 4) is 0 Å². The Bertz CT molecular complexity index is 115. The molecule has 1 N–H and O–H groups in total. The third kappa shape index (κ3) is 3.11. The molecule has 1 aliphatic carbocycles. The van der Waals surface area contributed by atoms with Gasteiger partial charge in [0.05, 0.1) is 6.10 Å². The third-order valence-corrected chi connectivity index (χ3v) is 2.88. The van der Waals surface area contributed by atoms with E-state index in [0.29, 0.717) is 0 Å². The normalized spacial score (nSPS) is 33.0. The standard InChI is InChI=1S/C10H21NO/c1-11(2)9-5-3-7-10(12)8-4-6-9/h9-10,12H,3-8H2,1-2H3. The molecule has 0 radical (unpaired) electrons. The zero-order valence-electron chi connectivity index (χ0n) is 8.29. The highest BCUT2D eigenvalue weighted by Gasteiger charge is 2.15. The van der Waals surface area contributed by atoms with E-state index in [-0.39, 0.29) is 6.10 Å². The maximum Gasteiger partial charge on any atom is 0.0540 e. The molecule has 0 amide bonds. The van der Waals surface area contributed by atoms with Crippen LogP contribution in [-0.4, -0.2) is 36.2 Å². The SMILES string of the molecule is CN(C)C1CCCC(O)CCC1. The van der Waals surface area contributed by atoms with E-state index in [0.717, 1.165) is 18.9 Å². The largest absolute Gasteiger partial charge is 0.393 e. The highest BCUT2D eigenvalue weighted by atomic mass is 16.3. The Hall–Kier alpha value is -0.0800. The summed E-state index contributed by atoms with van der Waals surface area (Å²) in [5.74, 6) is 0. The monoisotopic (exact) mass is 171 g/mol. The van der Waals surface area contributed by atoms with E-state index in [4.69, 9.17) is 0 Å². The Morgan fingerprint density at radius 2 is 1.50 bits per heavy atom. The highest BCUT2D eigenvalue weighted by molar-refractivity contribution is 4.71. The second kappa shape index (κ2) is 4.83. The Morgan fingerprint density at radius 3 is 1.92 bits per heavy atom. The van der Waals surface area contributed by atoms with Crippen molar-refractivity contribution in [1.82, 2.24) is 4.90 Å². The first-order valence-corrected chi connectivity index (χ1v) is 5.04. The lowest BCUT2D eigenvalue weighted by Crippen LogP contribution is -2.29. The molecule has 0 aromatic heterocycles. The molecule has 0 spiro atoms. The number of aliphatic hydroxyl groups excluding tert-OH is 1. The van der Waals surface area contributed by atoms with E-state index in [1.165, 1.54) is 25.7 Å². The van der Waals surface area contributed by atoms with Gasteiger partial charge >= 0.3 is 0 Å². The van der Waals surface area contributed by atoms with Crippen molar-refractivity contribution in [2.24, 2.45) is 0 Å². The highest BCUT2D eigenvalue weighted by Crippen LogP contribution is 2.19. The summed E-state index contributed by atoms with van der Waals surface area (Å²) in [4.78, 5) is 2.32. The van der Waals surface area contributed by atoms with Crippen molar-refractivity contribution < 1.29 is 5.11 Å². The van der Waals surface area contributed by atoms with E-state index in [1.807, 2.05) is 0 Å². The molecule has 12 heavy (non-hydrogen) atoms. The molecule has 0 heterocycles. The quantitative estimate of drug-likeness (QED) is 0.648. The molecule has 0 aliphatic heterocycles. The van der Waals surface area contributed by atoms with E-state index in [2.05, 4.69) is 19.0 Å². The van der Waals surface area contributed by atoms with Crippen molar-refractivity contribution in [3.05, 3.63) is 0 Å². The molecule has 1 fully saturated rings. The van der Waals surface area contributed by atoms with Gasteiger partial charge in [0.25, 0.3) is 0 Å². The molecular formula is C10H21NO. The van der Waals surface area contributed by atoms with Gasteiger partial charge in [-0.05, 0) is 52.6 Å². The van der Waals surface area contributed by atoms with Crippen LogP contribution in [0.5, 0.6) is 0 Å². The minimum Gasteiger partial charge on any atom is -0.393 e. The lowest BCUT2D eigenvalue weighted by atomic mass is 9.94. The van der Waals surface area contributed by atoms with Gasteiger partial charge in [-0.1, -0.05) is 0 Å². The van der Waals surface area contributed by atoms with Crippen LogP contribution in [0.3, 0.4) is 0 Å². The van der Waals surface area contributed by atoms with E-state index in [9.17, 15) is 5.11 Å². The molecule has 0 unspecified atom stereocenters. The van der Waals surface area contributed by atoms with Gasteiger partial charge in [0, 0.05) is 6.04 Å². The lowest BCUT2D eigenvalue weighted by molar-refractivity contribution is 0.125. The van der Waals surface area contributed by atoms with Crippen LogP contribution in [0.2, 0.25) is 0 Å². The molecule has 0 aromatic carbocycles. The maximum absolute atomic E-state index is 9.43. The summed E-state index contributed by atoms with van der Waals surface area (Å²) in [7, 11) is 4.31. The Balaban J connectivity index is 2.30. The van der Waals surface area contributed by atoms with Crippen molar-refractivity contribution in [2.45, 2.75) is 50.7 Å². The fourth-order valence-corrected chi connectivity index (χ4v) is 1.98. The van der Waals surface area contributed by atoms with E-state index >= 15 is 0 Å². The minimum atomic E-state index is -0.0203. The van der Waals surface area contributed by atoms with E-state index in [1.54, 1.807) is 0 Å². The number of rotatable bonds is 1. The summed E-state index contributed by atoms with van der Waals surface area (Å²) < 4.78 is 0. The molecular weight excluding hydrogens is 150 g/mol. The number of nitrogens with zero attached hydrogens (tertiary/aromatic N) is 1. The summed E-state index contributed by atoms with van der Waals surface area (Å²) in [6.07, 6.45) is 6.87. The second-order valence-corrected chi connectivity index (χ2v) is 4.13. The first-order chi connectivity index (χ1) is 5.70. The fourth-order valence-electron chi connectivity index (χ4n) is 1.98. The predicted molar refractivity (Wildman–Crippen MR) is 51.2 cm³/mol. The van der Waals surface area contributed by atoms with Crippen molar-refractivity contribution in [3.63, 3.8) is 0 Å². The minimum absolute atomic E-state index is 0.0203. The van der Waals surface area contributed by atoms with Crippen LogP contribution in [0.4, 0.5) is 0 Å². The van der Waals surface area contributed by atoms with Gasteiger partial charge < -0.3 is 10.0 Å². The lowest BCUT2D eigenvalue weighted by Gasteiger charge is -2.27. The Kier molecular flexibility index (Phi) is 4.02. The maximum atomic E-state index is 9.43.